The van der Waals surface area contributed by atoms with E-state index < -0.39 is 24.9 Å². The van der Waals surface area contributed by atoms with Crippen LogP contribution in [0.15, 0.2) is 0 Å². The molecule has 74 valence electrons. The van der Waals surface area contributed by atoms with Crippen LogP contribution in [0.3, 0.4) is 0 Å². The third-order valence-electron chi connectivity index (χ3n) is 1.38. The number of aliphatic hydroxyl groups excluding tert-OH is 3. The van der Waals surface area contributed by atoms with Crippen molar-refractivity contribution in [3.05, 3.63) is 0 Å². The molecule has 0 spiro atoms. The number of hydrogen-bond donors (Lipinski definition) is 4. The van der Waals surface area contributed by atoms with Crippen molar-refractivity contribution in [1.82, 2.24) is 5.06 Å². The summed E-state index contributed by atoms with van der Waals surface area (Å²) < 4.78 is 0. The van der Waals surface area contributed by atoms with Gasteiger partial charge in [0.05, 0.1) is 12.6 Å². The Balaban J connectivity index is 0. The van der Waals surface area contributed by atoms with E-state index in [1.54, 1.807) is 0 Å². The average Bonchev–Trinajstić information content (AvgIpc) is 2.02. The van der Waals surface area contributed by atoms with E-state index in [1.807, 2.05) is 0 Å². The van der Waals surface area contributed by atoms with Gasteiger partial charge in [0.15, 0.2) is 0 Å². The first-order valence-electron chi connectivity index (χ1n) is 3.44. The van der Waals surface area contributed by atoms with Crippen LogP contribution >= 0.6 is 0 Å². The SMILES string of the molecule is C[C@@H](O)[C@@H](O)[C@@H](O)CN(O)C=O.[NaH]. The van der Waals surface area contributed by atoms with Gasteiger partial charge in [-0.25, -0.2) is 5.06 Å². The van der Waals surface area contributed by atoms with Gasteiger partial charge in [-0.15, -0.1) is 0 Å². The molecular formula is C6H14NNaO5. The third-order valence-corrected chi connectivity index (χ3v) is 1.38. The number of carbonyl (C=O) groups is 1. The zero-order valence-corrected chi connectivity index (χ0v) is 6.66. The number of hydrogen-bond acceptors (Lipinski definition) is 5. The summed E-state index contributed by atoms with van der Waals surface area (Å²) in [5.74, 6) is 0. The second-order valence-corrected chi connectivity index (χ2v) is 2.53. The normalized spacial score (nSPS) is 16.7. The summed E-state index contributed by atoms with van der Waals surface area (Å²) in [4.78, 5) is 9.85. The van der Waals surface area contributed by atoms with Gasteiger partial charge in [-0.1, -0.05) is 0 Å². The van der Waals surface area contributed by atoms with Gasteiger partial charge in [-0.2, -0.15) is 0 Å². The maximum absolute atomic E-state index is 9.85. The zero-order valence-electron chi connectivity index (χ0n) is 6.66. The van der Waals surface area contributed by atoms with E-state index in [0.717, 1.165) is 0 Å². The molecular weight excluding hydrogens is 189 g/mol. The Hall–Kier alpha value is 0.310. The van der Waals surface area contributed by atoms with E-state index in [9.17, 15) is 4.79 Å². The molecule has 0 aromatic heterocycles. The van der Waals surface area contributed by atoms with E-state index in [-0.39, 0.29) is 41.0 Å². The Morgan fingerprint density at radius 3 is 2.15 bits per heavy atom. The fourth-order valence-corrected chi connectivity index (χ4v) is 0.664. The van der Waals surface area contributed by atoms with Crippen molar-refractivity contribution in [2.24, 2.45) is 0 Å². The van der Waals surface area contributed by atoms with E-state index in [4.69, 9.17) is 20.5 Å². The minimum atomic E-state index is -1.38. The van der Waals surface area contributed by atoms with Crippen LogP contribution in [0, 0.1) is 0 Å². The number of nitrogens with zero attached hydrogens (tertiary/aromatic N) is 1. The number of rotatable bonds is 5. The van der Waals surface area contributed by atoms with Crippen molar-refractivity contribution in [3.63, 3.8) is 0 Å². The second kappa shape index (κ2) is 7.69. The molecule has 0 saturated carbocycles. The molecule has 0 radical (unpaired) electrons. The molecule has 0 aliphatic rings. The Bertz CT molecular complexity index is 145. The summed E-state index contributed by atoms with van der Waals surface area (Å²) in [5, 5.41) is 35.5. The van der Waals surface area contributed by atoms with Crippen molar-refractivity contribution < 1.29 is 25.3 Å². The topological polar surface area (TPSA) is 101 Å². The van der Waals surface area contributed by atoms with Crippen molar-refractivity contribution in [2.75, 3.05) is 6.54 Å². The van der Waals surface area contributed by atoms with Crippen LogP contribution in [0.2, 0.25) is 0 Å². The Labute approximate surface area is 98.0 Å². The van der Waals surface area contributed by atoms with Gasteiger partial charge < -0.3 is 15.3 Å². The standard InChI is InChI=1S/C6H13NO5.Na.H/c1-4(9)6(11)5(10)2-7(12)3-8;;/h3-6,9-12H,2H2,1H3;;/t4-,5+,6-;;/m1../s1. The van der Waals surface area contributed by atoms with E-state index in [1.165, 1.54) is 6.92 Å². The van der Waals surface area contributed by atoms with Crippen molar-refractivity contribution in [3.8, 4) is 0 Å². The summed E-state index contributed by atoms with van der Waals surface area (Å²) >= 11 is 0. The van der Waals surface area contributed by atoms with Crippen LogP contribution in [0.4, 0.5) is 0 Å². The van der Waals surface area contributed by atoms with Crippen LogP contribution in [-0.2, 0) is 4.79 Å². The summed E-state index contributed by atoms with van der Waals surface area (Å²) in [7, 11) is 0. The maximum atomic E-state index is 9.85. The molecule has 0 aromatic carbocycles. The summed E-state index contributed by atoms with van der Waals surface area (Å²) in [6.45, 7) is 0.853. The number of aliphatic hydroxyl groups is 3. The van der Waals surface area contributed by atoms with Crippen LogP contribution in [0.25, 0.3) is 0 Å². The van der Waals surface area contributed by atoms with Crippen LogP contribution in [-0.4, -0.2) is 86.4 Å². The quantitative estimate of drug-likeness (QED) is 0.168. The zero-order chi connectivity index (χ0) is 9.72. The Morgan fingerprint density at radius 1 is 1.38 bits per heavy atom. The Kier molecular flexibility index (Phi) is 9.33. The fourth-order valence-electron chi connectivity index (χ4n) is 0.664. The summed E-state index contributed by atoms with van der Waals surface area (Å²) in [6, 6.07) is 0. The fraction of sp³-hybridized carbons (Fsp3) is 0.833. The molecule has 3 atom stereocenters. The first-order chi connectivity index (χ1) is 5.49. The first-order valence-corrected chi connectivity index (χ1v) is 3.44. The first kappa shape index (κ1) is 15.8. The van der Waals surface area contributed by atoms with Gasteiger partial charge in [0, 0.05) is 0 Å². The Morgan fingerprint density at radius 2 is 1.85 bits per heavy atom. The van der Waals surface area contributed by atoms with Crippen LogP contribution in [0.5, 0.6) is 0 Å². The molecule has 4 N–H and O–H groups in total. The van der Waals surface area contributed by atoms with Crippen molar-refractivity contribution in [2.45, 2.75) is 25.2 Å². The summed E-state index contributed by atoms with van der Waals surface area (Å²) in [5.41, 5.74) is 0. The molecule has 0 rings (SSSR count). The summed E-state index contributed by atoms with van der Waals surface area (Å²) in [6.07, 6.45) is -3.75. The average molecular weight is 203 g/mol. The monoisotopic (exact) mass is 203 g/mol. The van der Waals surface area contributed by atoms with Gasteiger partial charge in [0.25, 0.3) is 0 Å². The molecule has 6 nitrogen and oxygen atoms in total. The molecule has 0 aromatic rings. The van der Waals surface area contributed by atoms with E-state index >= 15 is 0 Å². The second-order valence-electron chi connectivity index (χ2n) is 2.53. The van der Waals surface area contributed by atoms with Crippen LogP contribution < -0.4 is 0 Å². The van der Waals surface area contributed by atoms with Gasteiger partial charge >= 0.3 is 29.6 Å². The number of amides is 1. The minimum absolute atomic E-state index is 0. The molecule has 0 fully saturated rings. The number of carbonyl (C=O) groups excluding carboxylic acids is 1. The van der Waals surface area contributed by atoms with Gasteiger partial charge in [0.1, 0.15) is 12.2 Å². The molecule has 0 saturated heterocycles. The molecule has 0 aliphatic carbocycles. The third kappa shape index (κ3) is 6.39. The molecule has 7 heteroatoms. The van der Waals surface area contributed by atoms with Crippen LogP contribution in [0.1, 0.15) is 6.92 Å². The molecule has 0 bridgehead atoms. The molecule has 13 heavy (non-hydrogen) atoms. The van der Waals surface area contributed by atoms with Crippen molar-refractivity contribution in [1.29, 1.82) is 0 Å². The molecule has 0 unspecified atom stereocenters. The van der Waals surface area contributed by atoms with E-state index in [0.29, 0.717) is 0 Å². The van der Waals surface area contributed by atoms with E-state index in [2.05, 4.69) is 0 Å². The van der Waals surface area contributed by atoms with Gasteiger partial charge in [-0.3, -0.25) is 10.0 Å². The number of hydroxylamine groups is 2. The predicted octanol–water partition coefficient (Wildman–Crippen LogP) is -2.71. The van der Waals surface area contributed by atoms with Gasteiger partial charge in [0.2, 0.25) is 6.41 Å². The molecule has 0 aliphatic heterocycles. The molecule has 0 heterocycles. The van der Waals surface area contributed by atoms with Gasteiger partial charge in [-0.05, 0) is 6.92 Å². The molecule has 1 amide bonds. The predicted molar refractivity (Wildman–Crippen MR) is 45.4 cm³/mol. The van der Waals surface area contributed by atoms with Crippen molar-refractivity contribution >= 4 is 36.0 Å².